The molecule has 1 N–H and O–H groups in total. The summed E-state index contributed by atoms with van der Waals surface area (Å²) >= 11 is 0. The van der Waals surface area contributed by atoms with Gasteiger partial charge in [0.15, 0.2) is 0 Å². The van der Waals surface area contributed by atoms with Crippen LogP contribution in [-0.4, -0.2) is 46.5 Å². The zero-order chi connectivity index (χ0) is 18.8. The van der Waals surface area contributed by atoms with Gasteiger partial charge in [0.05, 0.1) is 24.9 Å². The lowest BCUT2D eigenvalue weighted by Crippen LogP contribution is -2.35. The normalized spacial score (nSPS) is 22.1. The van der Waals surface area contributed by atoms with Crippen LogP contribution >= 0.6 is 0 Å². The van der Waals surface area contributed by atoms with E-state index in [1.54, 1.807) is 16.9 Å². The molecule has 0 radical (unpaired) electrons. The van der Waals surface area contributed by atoms with E-state index in [0.717, 1.165) is 49.2 Å². The summed E-state index contributed by atoms with van der Waals surface area (Å²) in [4.78, 5) is 23.1. The monoisotopic (exact) mass is 370 g/mol. The van der Waals surface area contributed by atoms with E-state index in [1.807, 2.05) is 25.1 Å². The third-order valence-corrected chi connectivity index (χ3v) is 5.30. The van der Waals surface area contributed by atoms with Crippen LogP contribution in [0.2, 0.25) is 0 Å². The Morgan fingerprint density at radius 3 is 2.85 bits per heavy atom. The van der Waals surface area contributed by atoms with E-state index >= 15 is 0 Å². The van der Waals surface area contributed by atoms with Gasteiger partial charge in [-0.15, -0.1) is 0 Å². The molecular weight excluding hydrogens is 344 g/mol. The number of hydrogen-bond acceptors (Lipinski definition) is 7. The molecule has 0 bridgehead atoms. The molecule has 3 heterocycles. The van der Waals surface area contributed by atoms with Crippen LogP contribution in [0.3, 0.4) is 0 Å². The number of ether oxygens (including phenoxy) is 1. The third kappa shape index (κ3) is 3.95. The van der Waals surface area contributed by atoms with Crippen molar-refractivity contribution in [3.8, 4) is 0 Å². The SMILES string of the molecule is CN(C)c1nccc(NC2CCC(n3nc4c(cc3=O)COCC4)CC2)n1. The Bertz CT molecular complexity index is 858. The zero-order valence-electron chi connectivity index (χ0n) is 15.9. The molecule has 4 rings (SSSR count). The van der Waals surface area contributed by atoms with Crippen molar-refractivity contribution in [3.05, 3.63) is 39.9 Å². The average Bonchev–Trinajstić information content (AvgIpc) is 2.68. The first-order valence-corrected chi connectivity index (χ1v) is 9.56. The molecular formula is C19H26N6O2. The van der Waals surface area contributed by atoms with Gasteiger partial charge in [-0.2, -0.15) is 10.1 Å². The van der Waals surface area contributed by atoms with Gasteiger partial charge in [-0.25, -0.2) is 9.67 Å². The van der Waals surface area contributed by atoms with E-state index < -0.39 is 0 Å². The lowest BCUT2D eigenvalue weighted by Gasteiger charge is -2.30. The Morgan fingerprint density at radius 1 is 1.26 bits per heavy atom. The highest BCUT2D eigenvalue weighted by Gasteiger charge is 2.25. The fourth-order valence-corrected chi connectivity index (χ4v) is 3.81. The molecule has 1 aliphatic carbocycles. The fraction of sp³-hybridized carbons (Fsp3) is 0.579. The average molecular weight is 370 g/mol. The molecule has 0 saturated heterocycles. The first kappa shape index (κ1) is 17.9. The Balaban J connectivity index is 1.41. The third-order valence-electron chi connectivity index (χ3n) is 5.30. The molecule has 8 nitrogen and oxygen atoms in total. The number of rotatable bonds is 4. The molecule has 144 valence electrons. The first-order chi connectivity index (χ1) is 13.1. The van der Waals surface area contributed by atoms with Crippen LogP contribution in [-0.2, 0) is 17.8 Å². The van der Waals surface area contributed by atoms with Crippen molar-refractivity contribution in [2.24, 2.45) is 0 Å². The zero-order valence-corrected chi connectivity index (χ0v) is 15.9. The maximum Gasteiger partial charge on any atom is 0.267 e. The van der Waals surface area contributed by atoms with Crippen molar-refractivity contribution in [2.45, 2.75) is 50.8 Å². The minimum atomic E-state index is -0.0120. The summed E-state index contributed by atoms with van der Waals surface area (Å²) in [5.41, 5.74) is 1.94. The summed E-state index contributed by atoms with van der Waals surface area (Å²) < 4.78 is 7.12. The number of nitrogens with one attached hydrogen (secondary N) is 1. The van der Waals surface area contributed by atoms with Crippen molar-refractivity contribution in [2.75, 3.05) is 30.9 Å². The predicted octanol–water partition coefficient (Wildman–Crippen LogP) is 1.77. The second-order valence-corrected chi connectivity index (χ2v) is 7.49. The number of hydrogen-bond donors (Lipinski definition) is 1. The van der Waals surface area contributed by atoms with Gasteiger partial charge in [0, 0.05) is 44.4 Å². The summed E-state index contributed by atoms with van der Waals surface area (Å²) in [6, 6.07) is 4.13. The second kappa shape index (κ2) is 7.64. The van der Waals surface area contributed by atoms with Crippen LogP contribution in [0.25, 0.3) is 0 Å². The Kier molecular flexibility index (Phi) is 5.07. The minimum absolute atomic E-state index is 0.0120. The van der Waals surface area contributed by atoms with Crippen LogP contribution in [0.15, 0.2) is 23.1 Å². The lowest BCUT2D eigenvalue weighted by atomic mass is 9.91. The Morgan fingerprint density at radius 2 is 2.07 bits per heavy atom. The molecule has 0 atom stereocenters. The molecule has 27 heavy (non-hydrogen) atoms. The van der Waals surface area contributed by atoms with Crippen molar-refractivity contribution < 1.29 is 4.74 Å². The van der Waals surface area contributed by atoms with E-state index in [9.17, 15) is 4.79 Å². The largest absolute Gasteiger partial charge is 0.376 e. The molecule has 2 aromatic rings. The molecule has 2 aromatic heterocycles. The first-order valence-electron chi connectivity index (χ1n) is 9.56. The standard InChI is InChI=1S/C19H26N6O2/c1-24(2)19-20-9-7-17(22-19)21-14-3-5-15(6-4-14)25-18(26)11-13-12-27-10-8-16(13)23-25/h7,9,11,14-15H,3-6,8,10,12H2,1-2H3,(H,20,21,22). The topological polar surface area (TPSA) is 85.2 Å². The van der Waals surface area contributed by atoms with Crippen LogP contribution in [0.4, 0.5) is 11.8 Å². The highest BCUT2D eigenvalue weighted by molar-refractivity contribution is 5.41. The highest BCUT2D eigenvalue weighted by Crippen LogP contribution is 2.29. The van der Waals surface area contributed by atoms with Gasteiger partial charge in [0.1, 0.15) is 5.82 Å². The van der Waals surface area contributed by atoms with Crippen LogP contribution in [0.5, 0.6) is 0 Å². The second-order valence-electron chi connectivity index (χ2n) is 7.49. The quantitative estimate of drug-likeness (QED) is 0.878. The minimum Gasteiger partial charge on any atom is -0.376 e. The van der Waals surface area contributed by atoms with Crippen molar-refractivity contribution >= 4 is 11.8 Å². The maximum atomic E-state index is 12.5. The number of nitrogens with zero attached hydrogens (tertiary/aromatic N) is 5. The van der Waals surface area contributed by atoms with Gasteiger partial charge in [-0.3, -0.25) is 4.79 Å². The van der Waals surface area contributed by atoms with Gasteiger partial charge in [0.25, 0.3) is 5.56 Å². The number of fused-ring (bicyclic) bond motifs is 1. The number of aromatic nitrogens is 4. The smallest absolute Gasteiger partial charge is 0.267 e. The van der Waals surface area contributed by atoms with E-state index in [1.165, 1.54) is 0 Å². The van der Waals surface area contributed by atoms with Crippen LogP contribution in [0, 0.1) is 0 Å². The van der Waals surface area contributed by atoms with Gasteiger partial charge < -0.3 is 15.0 Å². The molecule has 0 spiro atoms. The summed E-state index contributed by atoms with van der Waals surface area (Å²) in [6.07, 6.45) is 6.41. The van der Waals surface area contributed by atoms with Crippen molar-refractivity contribution in [1.82, 2.24) is 19.7 Å². The maximum absolute atomic E-state index is 12.5. The molecule has 0 aromatic carbocycles. The Labute approximate surface area is 158 Å². The number of anilines is 2. The molecule has 1 saturated carbocycles. The molecule has 0 amide bonds. The van der Waals surface area contributed by atoms with Gasteiger partial charge in [-0.1, -0.05) is 0 Å². The van der Waals surface area contributed by atoms with Crippen molar-refractivity contribution in [1.29, 1.82) is 0 Å². The summed E-state index contributed by atoms with van der Waals surface area (Å²) in [5.74, 6) is 1.55. The van der Waals surface area contributed by atoms with Gasteiger partial charge in [-0.05, 0) is 31.7 Å². The summed E-state index contributed by atoms with van der Waals surface area (Å²) in [5, 5.41) is 8.16. The lowest BCUT2D eigenvalue weighted by molar-refractivity contribution is 0.107. The summed E-state index contributed by atoms with van der Waals surface area (Å²) in [6.45, 7) is 1.19. The van der Waals surface area contributed by atoms with Crippen LogP contribution in [0.1, 0.15) is 43.0 Å². The molecule has 0 unspecified atom stereocenters. The predicted molar refractivity (Wildman–Crippen MR) is 103 cm³/mol. The van der Waals surface area contributed by atoms with E-state index in [0.29, 0.717) is 25.2 Å². The highest BCUT2D eigenvalue weighted by atomic mass is 16.5. The van der Waals surface area contributed by atoms with E-state index in [2.05, 4.69) is 20.4 Å². The molecule has 2 aliphatic rings. The van der Waals surface area contributed by atoms with Crippen LogP contribution < -0.4 is 15.8 Å². The van der Waals surface area contributed by atoms with Gasteiger partial charge in [0.2, 0.25) is 5.95 Å². The summed E-state index contributed by atoms with van der Waals surface area (Å²) in [7, 11) is 3.86. The molecule has 8 heteroatoms. The molecule has 1 aliphatic heterocycles. The van der Waals surface area contributed by atoms with Crippen molar-refractivity contribution in [3.63, 3.8) is 0 Å². The Hall–Kier alpha value is -2.48. The van der Waals surface area contributed by atoms with E-state index in [4.69, 9.17) is 4.74 Å². The molecule has 1 fully saturated rings. The van der Waals surface area contributed by atoms with E-state index in [-0.39, 0.29) is 11.6 Å². The fourth-order valence-electron chi connectivity index (χ4n) is 3.81. The van der Waals surface area contributed by atoms with Gasteiger partial charge >= 0.3 is 0 Å².